The van der Waals surface area contributed by atoms with Crippen LogP contribution in [0.1, 0.15) is 23.5 Å². The Labute approximate surface area is 168 Å². The number of aliphatic carboxylic acids is 1. The Morgan fingerprint density at radius 2 is 1.59 bits per heavy atom. The monoisotopic (exact) mass is 397 g/mol. The van der Waals surface area contributed by atoms with Crippen molar-refractivity contribution in [3.63, 3.8) is 0 Å². The summed E-state index contributed by atoms with van der Waals surface area (Å²) in [6, 6.07) is 16.2. The third-order valence-corrected chi connectivity index (χ3v) is 5.43. The molecule has 29 heavy (non-hydrogen) atoms. The van der Waals surface area contributed by atoms with E-state index in [2.05, 4.69) is 12.1 Å². The number of fused-ring (bicyclic) bond motifs is 3. The van der Waals surface area contributed by atoms with E-state index < -0.39 is 24.3 Å². The molecule has 2 atom stereocenters. The molecule has 0 saturated carbocycles. The first-order valence-electron chi connectivity index (χ1n) is 9.65. The minimum atomic E-state index is -1.01. The molecular weight excluding hydrogens is 374 g/mol. The maximum Gasteiger partial charge on any atom is 0.409 e. The predicted molar refractivity (Wildman–Crippen MR) is 105 cm³/mol. The van der Waals surface area contributed by atoms with Gasteiger partial charge in [-0.15, -0.1) is 0 Å². The Hall–Kier alpha value is -2.90. The summed E-state index contributed by atoms with van der Waals surface area (Å²) in [7, 11) is 0. The first kappa shape index (κ1) is 19.4. The van der Waals surface area contributed by atoms with Gasteiger partial charge in [0.25, 0.3) is 0 Å². The standard InChI is InChI=1S/C22H23NO6/c24-12-15-11-23(10-14(29-15)9-21(25)26)22(27)28-13-20-18-7-3-1-5-16(18)17-6-2-4-8-19(17)20/h1-8,14-15,20,24H,9-13H2,(H,25,26)/t14-,15+/m0/s1. The van der Waals surface area contributed by atoms with Crippen LogP contribution in [0.15, 0.2) is 48.5 Å². The molecular formula is C22H23NO6. The van der Waals surface area contributed by atoms with E-state index in [1.807, 2.05) is 36.4 Å². The first-order chi connectivity index (χ1) is 14.1. The summed E-state index contributed by atoms with van der Waals surface area (Å²) in [5.74, 6) is -1.06. The van der Waals surface area contributed by atoms with Crippen molar-refractivity contribution >= 4 is 12.1 Å². The number of carbonyl (C=O) groups excluding carboxylic acids is 1. The second-order valence-electron chi connectivity index (χ2n) is 7.37. The largest absolute Gasteiger partial charge is 0.481 e. The lowest BCUT2D eigenvalue weighted by atomic mass is 9.98. The quantitative estimate of drug-likeness (QED) is 0.805. The van der Waals surface area contributed by atoms with Gasteiger partial charge in [0.2, 0.25) is 0 Å². The summed E-state index contributed by atoms with van der Waals surface area (Å²) in [4.78, 5) is 25.1. The molecule has 152 valence electrons. The van der Waals surface area contributed by atoms with Crippen LogP contribution in [0, 0.1) is 0 Å². The molecule has 0 aromatic heterocycles. The Kier molecular flexibility index (Phi) is 5.51. The van der Waals surface area contributed by atoms with E-state index in [4.69, 9.17) is 14.6 Å². The second kappa shape index (κ2) is 8.23. The highest BCUT2D eigenvalue weighted by molar-refractivity contribution is 5.79. The molecule has 2 aliphatic rings. The van der Waals surface area contributed by atoms with Crippen LogP contribution in [0.5, 0.6) is 0 Å². The number of benzene rings is 2. The summed E-state index contributed by atoms with van der Waals surface area (Å²) in [5.41, 5.74) is 4.55. The van der Waals surface area contributed by atoms with Crippen molar-refractivity contribution in [2.24, 2.45) is 0 Å². The van der Waals surface area contributed by atoms with Crippen molar-refractivity contribution in [3.05, 3.63) is 59.7 Å². The van der Waals surface area contributed by atoms with E-state index in [0.717, 1.165) is 22.3 Å². The average Bonchev–Trinajstić information content (AvgIpc) is 3.05. The zero-order chi connectivity index (χ0) is 20.4. The minimum Gasteiger partial charge on any atom is -0.481 e. The number of aliphatic hydroxyl groups is 1. The summed E-state index contributed by atoms with van der Waals surface area (Å²) in [6.07, 6.45) is -2.04. The number of aliphatic hydroxyl groups excluding tert-OH is 1. The minimum absolute atomic E-state index is 0.0455. The molecule has 2 N–H and O–H groups in total. The summed E-state index contributed by atoms with van der Waals surface area (Å²) < 4.78 is 11.1. The number of carboxylic acid groups (broad SMARTS) is 1. The molecule has 7 heteroatoms. The van der Waals surface area contributed by atoms with E-state index in [1.165, 1.54) is 4.90 Å². The molecule has 1 saturated heterocycles. The molecule has 1 aliphatic heterocycles. The fourth-order valence-electron chi connectivity index (χ4n) is 4.17. The SMILES string of the molecule is O=C(O)C[C@H]1CN(C(=O)OCC2c3ccccc3-c3ccccc32)C[C@H](CO)O1. The molecule has 0 unspecified atom stereocenters. The highest BCUT2D eigenvalue weighted by Gasteiger charge is 2.34. The summed E-state index contributed by atoms with van der Waals surface area (Å²) in [6.45, 7) is 0.198. The van der Waals surface area contributed by atoms with Gasteiger partial charge in [-0.05, 0) is 22.3 Å². The fourth-order valence-corrected chi connectivity index (χ4v) is 4.17. The molecule has 1 amide bonds. The third-order valence-electron chi connectivity index (χ3n) is 5.43. The van der Waals surface area contributed by atoms with Crippen LogP contribution in [0.4, 0.5) is 4.79 Å². The molecule has 4 rings (SSSR count). The average molecular weight is 397 g/mol. The van der Waals surface area contributed by atoms with E-state index >= 15 is 0 Å². The van der Waals surface area contributed by atoms with Crippen LogP contribution >= 0.6 is 0 Å². The second-order valence-corrected chi connectivity index (χ2v) is 7.37. The molecule has 1 aliphatic carbocycles. The number of ether oxygens (including phenoxy) is 2. The third kappa shape index (κ3) is 3.97. The smallest absolute Gasteiger partial charge is 0.409 e. The number of carboxylic acids is 1. The summed E-state index contributed by atoms with van der Waals surface area (Å²) >= 11 is 0. The number of hydrogen-bond donors (Lipinski definition) is 2. The lowest BCUT2D eigenvalue weighted by Crippen LogP contribution is -2.52. The van der Waals surface area contributed by atoms with Crippen LogP contribution < -0.4 is 0 Å². The van der Waals surface area contributed by atoms with Gasteiger partial charge in [-0.1, -0.05) is 48.5 Å². The number of amides is 1. The fraction of sp³-hybridized carbons (Fsp3) is 0.364. The maximum atomic E-state index is 12.7. The van der Waals surface area contributed by atoms with Gasteiger partial charge >= 0.3 is 12.1 Å². The molecule has 1 heterocycles. The van der Waals surface area contributed by atoms with Gasteiger partial charge < -0.3 is 24.6 Å². The van der Waals surface area contributed by atoms with Crippen molar-refractivity contribution in [1.82, 2.24) is 4.90 Å². The lowest BCUT2D eigenvalue weighted by Gasteiger charge is -2.36. The first-order valence-corrected chi connectivity index (χ1v) is 9.65. The zero-order valence-corrected chi connectivity index (χ0v) is 15.9. The topological polar surface area (TPSA) is 96.3 Å². The molecule has 0 bridgehead atoms. The number of rotatable bonds is 5. The number of morpholine rings is 1. The molecule has 0 spiro atoms. The van der Waals surface area contributed by atoms with Gasteiger partial charge in [-0.3, -0.25) is 4.79 Å². The summed E-state index contributed by atoms with van der Waals surface area (Å²) in [5, 5.41) is 18.4. The molecule has 7 nitrogen and oxygen atoms in total. The van der Waals surface area contributed by atoms with Gasteiger partial charge in [0.05, 0.1) is 38.3 Å². The molecule has 1 fully saturated rings. The molecule has 0 radical (unpaired) electrons. The Balaban J connectivity index is 1.46. The zero-order valence-electron chi connectivity index (χ0n) is 15.9. The van der Waals surface area contributed by atoms with E-state index in [-0.39, 0.29) is 38.6 Å². The van der Waals surface area contributed by atoms with Crippen molar-refractivity contribution in [1.29, 1.82) is 0 Å². The predicted octanol–water partition coefficient (Wildman–Crippen LogP) is 2.47. The Bertz CT molecular complexity index is 868. The van der Waals surface area contributed by atoms with Gasteiger partial charge in [0, 0.05) is 5.92 Å². The van der Waals surface area contributed by atoms with Gasteiger partial charge in [0.15, 0.2) is 0 Å². The number of carbonyl (C=O) groups is 2. The van der Waals surface area contributed by atoms with Gasteiger partial charge in [-0.2, -0.15) is 0 Å². The van der Waals surface area contributed by atoms with Gasteiger partial charge in [0.1, 0.15) is 6.61 Å². The van der Waals surface area contributed by atoms with Crippen molar-refractivity contribution < 1.29 is 29.3 Å². The van der Waals surface area contributed by atoms with Crippen LogP contribution in [0.2, 0.25) is 0 Å². The highest BCUT2D eigenvalue weighted by Crippen LogP contribution is 2.44. The van der Waals surface area contributed by atoms with E-state index in [0.29, 0.717) is 0 Å². The lowest BCUT2D eigenvalue weighted by molar-refractivity contribution is -0.147. The van der Waals surface area contributed by atoms with Crippen LogP contribution in [0.25, 0.3) is 11.1 Å². The molecule has 2 aromatic carbocycles. The van der Waals surface area contributed by atoms with Crippen LogP contribution in [-0.4, -0.2) is 65.7 Å². The van der Waals surface area contributed by atoms with Crippen molar-refractivity contribution in [3.8, 4) is 11.1 Å². The molecule has 2 aromatic rings. The highest BCUT2D eigenvalue weighted by atomic mass is 16.6. The maximum absolute atomic E-state index is 12.7. The van der Waals surface area contributed by atoms with Crippen LogP contribution in [0.3, 0.4) is 0 Å². The van der Waals surface area contributed by atoms with Crippen molar-refractivity contribution in [2.45, 2.75) is 24.5 Å². The van der Waals surface area contributed by atoms with Crippen molar-refractivity contribution in [2.75, 3.05) is 26.3 Å². The van der Waals surface area contributed by atoms with E-state index in [1.54, 1.807) is 0 Å². The Morgan fingerprint density at radius 3 is 2.17 bits per heavy atom. The van der Waals surface area contributed by atoms with Gasteiger partial charge in [-0.25, -0.2) is 4.79 Å². The normalized spacial score (nSPS) is 20.8. The number of hydrogen-bond acceptors (Lipinski definition) is 5. The van der Waals surface area contributed by atoms with Crippen LogP contribution in [-0.2, 0) is 14.3 Å². The number of nitrogens with zero attached hydrogens (tertiary/aromatic N) is 1. The van der Waals surface area contributed by atoms with E-state index in [9.17, 15) is 14.7 Å². The Morgan fingerprint density at radius 1 is 1.00 bits per heavy atom.